The topological polar surface area (TPSA) is 84.2 Å². The van der Waals surface area contributed by atoms with E-state index < -0.39 is 12.1 Å². The minimum Gasteiger partial charge on any atom is -0.408 e. The zero-order chi connectivity index (χ0) is 23.2. The van der Waals surface area contributed by atoms with Gasteiger partial charge in [-0.05, 0) is 56.0 Å². The first-order valence-corrected chi connectivity index (χ1v) is 11.2. The molecule has 1 saturated heterocycles. The van der Waals surface area contributed by atoms with Crippen LogP contribution in [0, 0.1) is 11.8 Å². The number of nitrogens with one attached hydrogen (secondary N) is 1. The number of anilines is 2. The number of rotatable bonds is 4. The van der Waals surface area contributed by atoms with Crippen molar-refractivity contribution in [2.75, 3.05) is 23.3 Å². The number of pyridine rings is 1. The molecule has 2 fully saturated rings. The molecule has 1 aliphatic heterocycles. The number of halogens is 4. The summed E-state index contributed by atoms with van der Waals surface area (Å²) in [6.07, 6.45) is -3.01. The molecule has 1 saturated carbocycles. The Morgan fingerprint density at radius 2 is 1.88 bits per heavy atom. The number of benzene rings is 1. The first kappa shape index (κ1) is 21.9. The van der Waals surface area contributed by atoms with Gasteiger partial charge in [0, 0.05) is 35.3 Å². The van der Waals surface area contributed by atoms with Crippen molar-refractivity contribution in [3.05, 3.63) is 41.2 Å². The normalized spacial score (nSPS) is 21.8. The van der Waals surface area contributed by atoms with E-state index in [0.717, 1.165) is 10.9 Å². The van der Waals surface area contributed by atoms with Gasteiger partial charge in [-0.25, -0.2) is 4.98 Å². The minimum absolute atomic E-state index is 0.0107. The second kappa shape index (κ2) is 8.48. The van der Waals surface area contributed by atoms with Gasteiger partial charge in [0.25, 0.3) is 0 Å². The zero-order valence-electron chi connectivity index (χ0n) is 17.5. The van der Waals surface area contributed by atoms with Crippen LogP contribution in [0.5, 0.6) is 0 Å². The second-order valence-corrected chi connectivity index (χ2v) is 9.05. The SMILES string of the molecule is O=C(Nc1ccc2cc(Cl)ccc2n1)C1CCN(c2nnc(C3CC(C(F)(F)F)C3)o2)CC1. The lowest BCUT2D eigenvalue weighted by Gasteiger charge is -2.34. The Bertz CT molecular complexity index is 1170. The Morgan fingerprint density at radius 1 is 1.12 bits per heavy atom. The molecule has 0 atom stereocenters. The molecule has 2 aliphatic rings. The number of carbonyl (C=O) groups excluding carboxylic acids is 1. The van der Waals surface area contributed by atoms with Gasteiger partial charge in [0.2, 0.25) is 11.8 Å². The van der Waals surface area contributed by atoms with Gasteiger partial charge in [0.05, 0.1) is 11.4 Å². The lowest BCUT2D eigenvalue weighted by molar-refractivity contribution is -0.198. The molecule has 0 radical (unpaired) electrons. The highest BCUT2D eigenvalue weighted by molar-refractivity contribution is 6.31. The summed E-state index contributed by atoms with van der Waals surface area (Å²) >= 11 is 5.99. The third kappa shape index (κ3) is 4.62. The first-order chi connectivity index (χ1) is 15.8. The van der Waals surface area contributed by atoms with Gasteiger partial charge in [-0.1, -0.05) is 16.7 Å². The van der Waals surface area contributed by atoms with Gasteiger partial charge < -0.3 is 14.6 Å². The van der Waals surface area contributed by atoms with Gasteiger partial charge in [-0.3, -0.25) is 4.79 Å². The largest absolute Gasteiger partial charge is 0.408 e. The fourth-order valence-corrected chi connectivity index (χ4v) is 4.51. The van der Waals surface area contributed by atoms with E-state index >= 15 is 0 Å². The summed E-state index contributed by atoms with van der Waals surface area (Å²) < 4.78 is 43.7. The summed E-state index contributed by atoms with van der Waals surface area (Å²) in [4.78, 5) is 19.1. The van der Waals surface area contributed by atoms with Crippen LogP contribution >= 0.6 is 11.6 Å². The number of hydrogen-bond acceptors (Lipinski definition) is 6. The number of piperidine rings is 1. The van der Waals surface area contributed by atoms with Crippen molar-refractivity contribution in [3.63, 3.8) is 0 Å². The summed E-state index contributed by atoms with van der Waals surface area (Å²) in [7, 11) is 0. The minimum atomic E-state index is -4.17. The molecule has 11 heteroatoms. The van der Waals surface area contributed by atoms with Crippen molar-refractivity contribution in [2.24, 2.45) is 11.8 Å². The van der Waals surface area contributed by atoms with Crippen LogP contribution in [0.2, 0.25) is 5.02 Å². The molecule has 0 bridgehead atoms. The van der Waals surface area contributed by atoms with E-state index in [1.54, 1.807) is 18.2 Å². The van der Waals surface area contributed by atoms with E-state index in [1.165, 1.54) is 0 Å². The summed E-state index contributed by atoms with van der Waals surface area (Å²) in [6.45, 7) is 1.08. The molecular formula is C22H21ClF3N5O2. The summed E-state index contributed by atoms with van der Waals surface area (Å²) in [5.74, 6) is -1.18. The molecule has 1 aliphatic carbocycles. The highest BCUT2D eigenvalue weighted by Gasteiger charge is 2.49. The van der Waals surface area contributed by atoms with E-state index in [9.17, 15) is 18.0 Å². The Morgan fingerprint density at radius 3 is 2.61 bits per heavy atom. The molecule has 3 aromatic rings. The van der Waals surface area contributed by atoms with Crippen LogP contribution in [-0.4, -0.2) is 40.4 Å². The van der Waals surface area contributed by atoms with E-state index in [-0.39, 0.29) is 36.5 Å². The fourth-order valence-electron chi connectivity index (χ4n) is 4.33. The van der Waals surface area contributed by atoms with Crippen molar-refractivity contribution in [1.29, 1.82) is 0 Å². The number of hydrogen-bond donors (Lipinski definition) is 1. The lowest BCUT2D eigenvalue weighted by Crippen LogP contribution is -2.38. The van der Waals surface area contributed by atoms with E-state index in [4.69, 9.17) is 16.0 Å². The zero-order valence-corrected chi connectivity index (χ0v) is 18.2. The number of fused-ring (bicyclic) bond motifs is 1. The van der Waals surface area contributed by atoms with Gasteiger partial charge in [0.1, 0.15) is 5.82 Å². The van der Waals surface area contributed by atoms with Gasteiger partial charge in [0.15, 0.2) is 0 Å². The number of amides is 1. The first-order valence-electron chi connectivity index (χ1n) is 10.8. The predicted octanol–water partition coefficient (Wildman–Crippen LogP) is 5.18. The van der Waals surface area contributed by atoms with Gasteiger partial charge >= 0.3 is 12.2 Å². The van der Waals surface area contributed by atoms with Crippen molar-refractivity contribution >= 4 is 40.2 Å². The molecule has 5 rings (SSSR count). The highest BCUT2D eigenvalue weighted by Crippen LogP contribution is 2.49. The van der Waals surface area contributed by atoms with Crippen molar-refractivity contribution in [1.82, 2.24) is 15.2 Å². The van der Waals surface area contributed by atoms with Crippen LogP contribution in [0.4, 0.5) is 25.0 Å². The van der Waals surface area contributed by atoms with Crippen LogP contribution in [0.1, 0.15) is 37.5 Å². The van der Waals surface area contributed by atoms with Crippen LogP contribution in [-0.2, 0) is 4.79 Å². The summed E-state index contributed by atoms with van der Waals surface area (Å²) in [5.41, 5.74) is 0.743. The maximum atomic E-state index is 12.7. The quantitative estimate of drug-likeness (QED) is 0.555. The standard InChI is InChI=1S/C22H21ClF3N5O2/c23-16-2-3-17-13(11-16)1-4-18(27-17)28-19(32)12-5-7-31(8-6-12)21-30-29-20(33-21)14-9-15(10-14)22(24,25)26/h1-4,11-12,14-15H,5-10H2,(H,27,28,32). The van der Waals surface area contributed by atoms with Crippen LogP contribution < -0.4 is 10.2 Å². The molecule has 1 N–H and O–H groups in total. The maximum Gasteiger partial charge on any atom is 0.391 e. The maximum absolute atomic E-state index is 12.7. The Labute approximate surface area is 192 Å². The Balaban J connectivity index is 1.14. The third-order valence-electron chi connectivity index (χ3n) is 6.42. The molecule has 7 nitrogen and oxygen atoms in total. The average Bonchev–Trinajstić information content (AvgIpc) is 3.21. The van der Waals surface area contributed by atoms with Gasteiger partial charge in [-0.2, -0.15) is 13.2 Å². The molecule has 2 aromatic heterocycles. The van der Waals surface area contributed by atoms with Crippen molar-refractivity contribution in [2.45, 2.75) is 37.8 Å². The second-order valence-electron chi connectivity index (χ2n) is 8.61. The Hall–Kier alpha value is -2.88. The predicted molar refractivity (Wildman–Crippen MR) is 116 cm³/mol. The molecule has 0 spiro atoms. The van der Waals surface area contributed by atoms with Crippen LogP contribution in [0.25, 0.3) is 10.9 Å². The number of nitrogens with zero attached hydrogens (tertiary/aromatic N) is 4. The highest BCUT2D eigenvalue weighted by atomic mass is 35.5. The molecule has 1 aromatic carbocycles. The summed E-state index contributed by atoms with van der Waals surface area (Å²) in [5, 5.41) is 12.4. The molecule has 174 valence electrons. The smallest absolute Gasteiger partial charge is 0.391 e. The molecule has 1 amide bonds. The third-order valence-corrected chi connectivity index (χ3v) is 6.65. The number of carbonyl (C=O) groups is 1. The summed E-state index contributed by atoms with van der Waals surface area (Å²) in [6, 6.07) is 9.27. The number of aromatic nitrogens is 3. The van der Waals surface area contributed by atoms with Crippen LogP contribution in [0.3, 0.4) is 0 Å². The molecular weight excluding hydrogens is 459 g/mol. The van der Waals surface area contributed by atoms with Crippen molar-refractivity contribution < 1.29 is 22.4 Å². The lowest BCUT2D eigenvalue weighted by atomic mass is 9.74. The Kier molecular flexibility index (Phi) is 5.64. The van der Waals surface area contributed by atoms with E-state index in [0.29, 0.717) is 42.8 Å². The molecule has 0 unspecified atom stereocenters. The van der Waals surface area contributed by atoms with E-state index in [2.05, 4.69) is 20.5 Å². The van der Waals surface area contributed by atoms with Crippen LogP contribution in [0.15, 0.2) is 34.7 Å². The fraction of sp³-hybridized carbons (Fsp3) is 0.455. The molecule has 33 heavy (non-hydrogen) atoms. The number of alkyl halides is 3. The van der Waals surface area contributed by atoms with Crippen molar-refractivity contribution in [3.8, 4) is 0 Å². The molecule has 3 heterocycles. The van der Waals surface area contributed by atoms with E-state index in [1.807, 2.05) is 17.0 Å². The monoisotopic (exact) mass is 479 g/mol. The van der Waals surface area contributed by atoms with Gasteiger partial charge in [-0.15, -0.1) is 5.10 Å². The average molecular weight is 480 g/mol.